The number of carbonyl (C=O) groups is 2. The molecule has 2 heterocycles. The molecule has 4 rings (SSSR count). The molecular formula is C17H19N3O3S. The van der Waals surface area contributed by atoms with E-state index in [4.69, 9.17) is 4.74 Å². The van der Waals surface area contributed by atoms with Gasteiger partial charge in [0.25, 0.3) is 0 Å². The van der Waals surface area contributed by atoms with Crippen LogP contribution in [0.4, 0.5) is 5.00 Å². The lowest BCUT2D eigenvalue weighted by molar-refractivity contribution is -0.117. The maximum absolute atomic E-state index is 12.4. The molecule has 0 aromatic carbocycles. The van der Waals surface area contributed by atoms with Crippen molar-refractivity contribution < 1.29 is 14.3 Å². The Morgan fingerprint density at radius 2 is 2.12 bits per heavy atom. The van der Waals surface area contributed by atoms with E-state index >= 15 is 0 Å². The van der Waals surface area contributed by atoms with E-state index in [1.165, 1.54) is 11.3 Å². The number of esters is 1. The van der Waals surface area contributed by atoms with Crippen LogP contribution in [0.25, 0.3) is 0 Å². The van der Waals surface area contributed by atoms with E-state index in [1.807, 2.05) is 16.9 Å². The first kappa shape index (κ1) is 15.4. The Morgan fingerprint density at radius 3 is 2.88 bits per heavy atom. The molecule has 126 valence electrons. The van der Waals surface area contributed by atoms with Crippen LogP contribution in [-0.4, -0.2) is 27.8 Å². The molecule has 0 spiro atoms. The summed E-state index contributed by atoms with van der Waals surface area (Å²) in [5.74, 6) is -0.127. The average Bonchev–Trinajstić information content (AvgIpc) is 2.97. The number of nitrogens with one attached hydrogen (secondary N) is 1. The van der Waals surface area contributed by atoms with Gasteiger partial charge in [0, 0.05) is 18.3 Å². The normalized spacial score (nSPS) is 23.2. The lowest BCUT2D eigenvalue weighted by Crippen LogP contribution is -2.25. The van der Waals surface area contributed by atoms with Gasteiger partial charge < -0.3 is 10.1 Å². The molecule has 0 aliphatic heterocycles. The van der Waals surface area contributed by atoms with E-state index in [2.05, 4.69) is 10.4 Å². The highest BCUT2D eigenvalue weighted by Gasteiger charge is 2.33. The molecule has 2 aliphatic carbocycles. The maximum atomic E-state index is 12.4. The minimum absolute atomic E-state index is 0.0475. The molecule has 0 bridgehead atoms. The van der Waals surface area contributed by atoms with Crippen LogP contribution in [-0.2, 0) is 9.53 Å². The largest absolute Gasteiger partial charge is 0.456 e. The SMILES string of the molecule is O=C(O[C@@H]1CCC[C@H]1n1cccn1)c1ccc(NC(=O)C2CC2)s1. The number of amides is 1. The Hall–Kier alpha value is -2.15. The zero-order valence-electron chi connectivity index (χ0n) is 13.2. The van der Waals surface area contributed by atoms with Crippen LogP contribution in [0.15, 0.2) is 30.6 Å². The first-order chi connectivity index (χ1) is 11.7. The fourth-order valence-electron chi connectivity index (χ4n) is 3.10. The topological polar surface area (TPSA) is 73.2 Å². The molecule has 2 atom stereocenters. The third kappa shape index (κ3) is 3.21. The number of anilines is 1. The van der Waals surface area contributed by atoms with Crippen LogP contribution in [0.2, 0.25) is 0 Å². The van der Waals surface area contributed by atoms with E-state index in [0.717, 1.165) is 32.1 Å². The van der Waals surface area contributed by atoms with Crippen molar-refractivity contribution in [3.8, 4) is 0 Å². The van der Waals surface area contributed by atoms with E-state index in [-0.39, 0.29) is 29.9 Å². The van der Waals surface area contributed by atoms with Crippen LogP contribution < -0.4 is 5.32 Å². The van der Waals surface area contributed by atoms with Crippen molar-refractivity contribution in [1.82, 2.24) is 9.78 Å². The summed E-state index contributed by atoms with van der Waals surface area (Å²) >= 11 is 1.27. The summed E-state index contributed by atoms with van der Waals surface area (Å²) < 4.78 is 7.59. The minimum atomic E-state index is -0.323. The number of thiophene rings is 1. The van der Waals surface area contributed by atoms with Gasteiger partial charge in [-0.15, -0.1) is 11.3 Å². The van der Waals surface area contributed by atoms with Crippen molar-refractivity contribution in [2.45, 2.75) is 44.2 Å². The molecule has 0 radical (unpaired) electrons. The Labute approximate surface area is 143 Å². The van der Waals surface area contributed by atoms with Gasteiger partial charge in [0.2, 0.25) is 5.91 Å². The standard InChI is InChI=1S/C17H19N3O3S/c21-16(11-5-6-11)19-15-8-7-14(24-15)17(22)23-13-4-1-3-12(13)20-10-2-9-18-20/h2,7-13H,1,3-6H2,(H,19,21)/t12-,13-/m1/s1. The van der Waals surface area contributed by atoms with E-state index in [1.54, 1.807) is 18.3 Å². The van der Waals surface area contributed by atoms with Crippen LogP contribution in [0, 0.1) is 5.92 Å². The average molecular weight is 345 g/mol. The first-order valence-corrected chi connectivity index (χ1v) is 9.13. The van der Waals surface area contributed by atoms with Gasteiger partial charge >= 0.3 is 5.97 Å². The minimum Gasteiger partial charge on any atom is -0.456 e. The molecule has 0 unspecified atom stereocenters. The number of hydrogen-bond acceptors (Lipinski definition) is 5. The Bertz CT molecular complexity index is 736. The number of ether oxygens (including phenoxy) is 1. The molecule has 2 saturated carbocycles. The highest BCUT2D eigenvalue weighted by molar-refractivity contribution is 7.18. The molecule has 2 fully saturated rings. The quantitative estimate of drug-likeness (QED) is 0.844. The molecule has 2 aliphatic rings. The Balaban J connectivity index is 1.39. The summed E-state index contributed by atoms with van der Waals surface area (Å²) in [4.78, 5) is 24.7. The number of aromatic nitrogens is 2. The van der Waals surface area contributed by atoms with Gasteiger partial charge in [-0.3, -0.25) is 9.48 Å². The monoisotopic (exact) mass is 345 g/mol. The molecule has 1 amide bonds. The molecule has 2 aromatic heterocycles. The Morgan fingerprint density at radius 1 is 1.25 bits per heavy atom. The molecule has 6 nitrogen and oxygen atoms in total. The smallest absolute Gasteiger partial charge is 0.348 e. The van der Waals surface area contributed by atoms with Crippen molar-refractivity contribution in [3.63, 3.8) is 0 Å². The molecule has 1 N–H and O–H groups in total. The summed E-state index contributed by atoms with van der Waals surface area (Å²) in [7, 11) is 0. The predicted molar refractivity (Wildman–Crippen MR) is 90.0 cm³/mol. The molecule has 0 saturated heterocycles. The van der Waals surface area contributed by atoms with Gasteiger partial charge in [-0.1, -0.05) is 0 Å². The lowest BCUT2D eigenvalue weighted by atomic mass is 10.2. The highest BCUT2D eigenvalue weighted by atomic mass is 32.1. The van der Waals surface area contributed by atoms with E-state index < -0.39 is 0 Å². The van der Waals surface area contributed by atoms with Crippen LogP contribution >= 0.6 is 11.3 Å². The zero-order chi connectivity index (χ0) is 16.5. The summed E-state index contributed by atoms with van der Waals surface area (Å²) in [5.41, 5.74) is 0. The molecule has 2 aromatic rings. The third-order valence-electron chi connectivity index (χ3n) is 4.54. The van der Waals surface area contributed by atoms with Gasteiger partial charge in [0.15, 0.2) is 0 Å². The molecule has 24 heavy (non-hydrogen) atoms. The van der Waals surface area contributed by atoms with Crippen molar-refractivity contribution in [1.29, 1.82) is 0 Å². The van der Waals surface area contributed by atoms with E-state index in [9.17, 15) is 9.59 Å². The third-order valence-corrected chi connectivity index (χ3v) is 5.52. The van der Waals surface area contributed by atoms with Gasteiger partial charge in [0.05, 0.1) is 11.0 Å². The summed E-state index contributed by atoms with van der Waals surface area (Å²) in [6.45, 7) is 0. The first-order valence-electron chi connectivity index (χ1n) is 8.31. The summed E-state index contributed by atoms with van der Waals surface area (Å²) in [6.07, 6.45) is 8.27. The maximum Gasteiger partial charge on any atom is 0.348 e. The van der Waals surface area contributed by atoms with Crippen molar-refractivity contribution in [3.05, 3.63) is 35.5 Å². The zero-order valence-corrected chi connectivity index (χ0v) is 14.0. The second-order valence-electron chi connectivity index (χ2n) is 6.36. The van der Waals surface area contributed by atoms with Crippen molar-refractivity contribution in [2.75, 3.05) is 5.32 Å². The molecule has 7 heteroatoms. The summed E-state index contributed by atoms with van der Waals surface area (Å²) in [5, 5.41) is 7.83. The molecular weight excluding hydrogens is 326 g/mol. The van der Waals surface area contributed by atoms with Gasteiger partial charge in [-0.2, -0.15) is 5.10 Å². The van der Waals surface area contributed by atoms with Gasteiger partial charge in [-0.05, 0) is 50.3 Å². The van der Waals surface area contributed by atoms with Crippen molar-refractivity contribution in [2.24, 2.45) is 5.92 Å². The summed E-state index contributed by atoms with van der Waals surface area (Å²) in [6, 6.07) is 5.47. The van der Waals surface area contributed by atoms with Crippen LogP contribution in [0.3, 0.4) is 0 Å². The highest BCUT2D eigenvalue weighted by Crippen LogP contribution is 2.34. The van der Waals surface area contributed by atoms with Crippen LogP contribution in [0.5, 0.6) is 0 Å². The Kier molecular flexibility index (Phi) is 4.10. The fraction of sp³-hybridized carbons (Fsp3) is 0.471. The second-order valence-corrected chi connectivity index (χ2v) is 7.44. The second kappa shape index (κ2) is 6.39. The van der Waals surface area contributed by atoms with E-state index in [0.29, 0.717) is 9.88 Å². The lowest BCUT2D eigenvalue weighted by Gasteiger charge is -2.20. The van der Waals surface area contributed by atoms with Crippen LogP contribution in [0.1, 0.15) is 47.8 Å². The predicted octanol–water partition coefficient (Wildman–Crippen LogP) is 3.24. The fourth-order valence-corrected chi connectivity index (χ4v) is 3.89. The van der Waals surface area contributed by atoms with Gasteiger partial charge in [-0.25, -0.2) is 4.79 Å². The number of carbonyl (C=O) groups excluding carboxylic acids is 2. The number of hydrogen-bond donors (Lipinski definition) is 1. The van der Waals surface area contributed by atoms with Gasteiger partial charge in [0.1, 0.15) is 11.0 Å². The number of rotatable bonds is 5. The van der Waals surface area contributed by atoms with Crippen molar-refractivity contribution >= 4 is 28.2 Å². The number of nitrogens with zero attached hydrogens (tertiary/aromatic N) is 2.